The van der Waals surface area contributed by atoms with E-state index in [0.29, 0.717) is 11.4 Å². The highest BCUT2D eigenvalue weighted by molar-refractivity contribution is 5.65. The molecule has 0 spiro atoms. The van der Waals surface area contributed by atoms with Crippen molar-refractivity contribution in [3.05, 3.63) is 48.7 Å². The molecule has 0 radical (unpaired) electrons. The lowest BCUT2D eigenvalue weighted by atomic mass is 10.1. The number of hydrogen-bond donors (Lipinski definition) is 1. The number of H-pyrrole nitrogens is 1. The standard InChI is InChI=1S/C12H8N6/c13-7-11-12(16-17-15-11)9-1-3-10(4-2-9)18-6-5-14-8-18/h1-6,8H,(H,15,16,17). The van der Waals surface area contributed by atoms with Gasteiger partial charge in [-0.15, -0.1) is 5.10 Å². The highest BCUT2D eigenvalue weighted by atomic mass is 15.3. The molecule has 0 saturated heterocycles. The van der Waals surface area contributed by atoms with Crippen molar-refractivity contribution >= 4 is 0 Å². The van der Waals surface area contributed by atoms with Crippen LogP contribution in [0.4, 0.5) is 0 Å². The molecule has 6 nitrogen and oxygen atoms in total. The Hall–Kier alpha value is -2.94. The summed E-state index contributed by atoms with van der Waals surface area (Å²) in [6.07, 6.45) is 5.32. The van der Waals surface area contributed by atoms with Crippen LogP contribution >= 0.6 is 0 Å². The van der Waals surface area contributed by atoms with Crippen LogP contribution in [0.5, 0.6) is 0 Å². The van der Waals surface area contributed by atoms with Crippen LogP contribution in [0.25, 0.3) is 16.9 Å². The summed E-state index contributed by atoms with van der Waals surface area (Å²) in [5.74, 6) is 0. The van der Waals surface area contributed by atoms with Crippen LogP contribution in [0.1, 0.15) is 5.69 Å². The van der Waals surface area contributed by atoms with Gasteiger partial charge in [-0.3, -0.25) is 0 Å². The molecule has 0 aliphatic rings. The highest BCUT2D eigenvalue weighted by Crippen LogP contribution is 2.20. The number of nitriles is 1. The Morgan fingerprint density at radius 2 is 2.06 bits per heavy atom. The lowest BCUT2D eigenvalue weighted by Crippen LogP contribution is -1.90. The van der Waals surface area contributed by atoms with Gasteiger partial charge in [0.25, 0.3) is 0 Å². The van der Waals surface area contributed by atoms with Crippen LogP contribution in [-0.2, 0) is 0 Å². The zero-order valence-corrected chi connectivity index (χ0v) is 9.28. The predicted octanol–water partition coefficient (Wildman–Crippen LogP) is 1.53. The fraction of sp³-hybridized carbons (Fsp3) is 0. The van der Waals surface area contributed by atoms with Gasteiger partial charge >= 0.3 is 0 Å². The Morgan fingerprint density at radius 1 is 1.22 bits per heavy atom. The zero-order chi connectivity index (χ0) is 12.4. The molecule has 0 aliphatic heterocycles. The normalized spacial score (nSPS) is 10.2. The smallest absolute Gasteiger partial charge is 0.163 e. The van der Waals surface area contributed by atoms with Crippen LogP contribution < -0.4 is 0 Å². The maximum Gasteiger partial charge on any atom is 0.163 e. The molecule has 0 bridgehead atoms. The number of rotatable bonds is 2. The van der Waals surface area contributed by atoms with E-state index in [4.69, 9.17) is 5.26 Å². The Balaban J connectivity index is 2.00. The first-order valence-electron chi connectivity index (χ1n) is 5.28. The van der Waals surface area contributed by atoms with E-state index in [1.54, 1.807) is 12.5 Å². The van der Waals surface area contributed by atoms with Crippen molar-refractivity contribution in [3.63, 3.8) is 0 Å². The lowest BCUT2D eigenvalue weighted by molar-refractivity contribution is 0.937. The molecule has 3 aromatic rings. The monoisotopic (exact) mass is 236 g/mol. The molecule has 0 unspecified atom stereocenters. The first-order chi connectivity index (χ1) is 8.88. The molecule has 1 N–H and O–H groups in total. The van der Waals surface area contributed by atoms with Crippen molar-refractivity contribution in [2.45, 2.75) is 0 Å². The second-order valence-corrected chi connectivity index (χ2v) is 3.66. The predicted molar refractivity (Wildman–Crippen MR) is 63.7 cm³/mol. The van der Waals surface area contributed by atoms with Crippen LogP contribution in [0.2, 0.25) is 0 Å². The number of aromatic nitrogens is 5. The van der Waals surface area contributed by atoms with Gasteiger partial charge < -0.3 is 4.57 Å². The van der Waals surface area contributed by atoms with Crippen molar-refractivity contribution in [1.29, 1.82) is 5.26 Å². The summed E-state index contributed by atoms with van der Waals surface area (Å²) in [5.41, 5.74) is 2.78. The fourth-order valence-electron chi connectivity index (χ4n) is 1.71. The van der Waals surface area contributed by atoms with Crippen LogP contribution in [0.15, 0.2) is 43.0 Å². The summed E-state index contributed by atoms with van der Waals surface area (Å²) in [6.45, 7) is 0. The first-order valence-corrected chi connectivity index (χ1v) is 5.28. The number of aromatic amines is 1. The SMILES string of the molecule is N#Cc1[nH]nnc1-c1ccc(-n2ccnc2)cc1. The van der Waals surface area contributed by atoms with E-state index in [0.717, 1.165) is 11.3 Å². The molecule has 6 heteroatoms. The van der Waals surface area contributed by atoms with Crippen molar-refractivity contribution in [2.75, 3.05) is 0 Å². The van der Waals surface area contributed by atoms with Gasteiger partial charge in [-0.05, 0) is 12.1 Å². The van der Waals surface area contributed by atoms with Gasteiger partial charge in [0.15, 0.2) is 5.69 Å². The van der Waals surface area contributed by atoms with Gasteiger partial charge in [-0.25, -0.2) is 10.1 Å². The van der Waals surface area contributed by atoms with Crippen molar-refractivity contribution in [1.82, 2.24) is 25.0 Å². The zero-order valence-electron chi connectivity index (χ0n) is 9.28. The number of hydrogen-bond acceptors (Lipinski definition) is 4. The second kappa shape index (κ2) is 4.14. The second-order valence-electron chi connectivity index (χ2n) is 3.66. The van der Waals surface area contributed by atoms with E-state index in [1.807, 2.05) is 41.1 Å². The molecule has 0 atom stereocenters. The maximum absolute atomic E-state index is 8.90. The highest BCUT2D eigenvalue weighted by Gasteiger charge is 2.08. The van der Waals surface area contributed by atoms with Crippen LogP contribution in [0.3, 0.4) is 0 Å². The third kappa shape index (κ3) is 1.64. The number of benzene rings is 1. The van der Waals surface area contributed by atoms with Gasteiger partial charge in [-0.1, -0.05) is 17.3 Å². The Bertz CT molecular complexity index is 687. The number of imidazole rings is 1. The van der Waals surface area contributed by atoms with Crippen molar-refractivity contribution < 1.29 is 0 Å². The third-order valence-corrected chi connectivity index (χ3v) is 2.60. The minimum Gasteiger partial charge on any atom is -0.306 e. The van der Waals surface area contributed by atoms with Gasteiger partial charge in [0.2, 0.25) is 0 Å². The lowest BCUT2D eigenvalue weighted by Gasteiger charge is -2.02. The van der Waals surface area contributed by atoms with Gasteiger partial charge in [0.05, 0.1) is 6.33 Å². The van der Waals surface area contributed by atoms with E-state index in [1.165, 1.54) is 0 Å². The number of nitrogens with one attached hydrogen (secondary N) is 1. The molecule has 18 heavy (non-hydrogen) atoms. The largest absolute Gasteiger partial charge is 0.306 e. The van der Waals surface area contributed by atoms with Crippen LogP contribution in [-0.4, -0.2) is 25.0 Å². The third-order valence-electron chi connectivity index (χ3n) is 2.60. The van der Waals surface area contributed by atoms with E-state index >= 15 is 0 Å². The van der Waals surface area contributed by atoms with E-state index in [9.17, 15) is 0 Å². The molecule has 3 rings (SSSR count). The Kier molecular flexibility index (Phi) is 2.35. The van der Waals surface area contributed by atoms with E-state index in [-0.39, 0.29) is 0 Å². The quantitative estimate of drug-likeness (QED) is 0.731. The molecule has 0 fully saturated rings. The molecule has 2 heterocycles. The topological polar surface area (TPSA) is 83.2 Å². The summed E-state index contributed by atoms with van der Waals surface area (Å²) in [5, 5.41) is 19.0. The maximum atomic E-state index is 8.90. The fourth-order valence-corrected chi connectivity index (χ4v) is 1.71. The van der Waals surface area contributed by atoms with Crippen LogP contribution in [0, 0.1) is 11.3 Å². The Labute approximate surface area is 103 Å². The van der Waals surface area contributed by atoms with Gasteiger partial charge in [-0.2, -0.15) is 5.26 Å². The molecular formula is C12H8N6. The summed E-state index contributed by atoms with van der Waals surface area (Å²) >= 11 is 0. The summed E-state index contributed by atoms with van der Waals surface area (Å²) < 4.78 is 1.90. The van der Waals surface area contributed by atoms with Crippen molar-refractivity contribution in [3.8, 4) is 23.0 Å². The molecule has 86 valence electrons. The average molecular weight is 236 g/mol. The first kappa shape index (κ1) is 10.2. The minimum absolute atomic E-state index is 0.366. The molecule has 0 saturated carbocycles. The molecule has 1 aromatic carbocycles. The summed E-state index contributed by atoms with van der Waals surface area (Å²) in [4.78, 5) is 3.99. The molecule has 0 amide bonds. The Morgan fingerprint density at radius 3 is 2.72 bits per heavy atom. The van der Waals surface area contributed by atoms with E-state index in [2.05, 4.69) is 20.4 Å². The molecule has 0 aliphatic carbocycles. The van der Waals surface area contributed by atoms with Crippen molar-refractivity contribution in [2.24, 2.45) is 0 Å². The number of nitrogens with zero attached hydrogens (tertiary/aromatic N) is 5. The van der Waals surface area contributed by atoms with E-state index < -0.39 is 0 Å². The summed E-state index contributed by atoms with van der Waals surface area (Å²) in [6, 6.07) is 9.69. The molecule has 2 aromatic heterocycles. The minimum atomic E-state index is 0.366. The van der Waals surface area contributed by atoms with Gasteiger partial charge in [0.1, 0.15) is 11.8 Å². The molecular weight excluding hydrogens is 228 g/mol. The summed E-state index contributed by atoms with van der Waals surface area (Å²) in [7, 11) is 0. The average Bonchev–Trinajstić information content (AvgIpc) is 3.10. The van der Waals surface area contributed by atoms with Gasteiger partial charge in [0, 0.05) is 23.6 Å².